The lowest BCUT2D eigenvalue weighted by molar-refractivity contribution is -0.0516. The third-order valence-corrected chi connectivity index (χ3v) is 5.33. The van der Waals surface area contributed by atoms with Gasteiger partial charge in [0.2, 0.25) is 10.0 Å². The van der Waals surface area contributed by atoms with Crippen LogP contribution in [0.2, 0.25) is 0 Å². The van der Waals surface area contributed by atoms with Gasteiger partial charge in [0.25, 0.3) is 0 Å². The minimum absolute atomic E-state index is 0.0531. The summed E-state index contributed by atoms with van der Waals surface area (Å²) in [5, 5.41) is 9.15. The molecule has 1 aliphatic rings. The maximum Gasteiger partial charge on any atom is 0.245 e. The molecule has 2 heterocycles. The Balaban J connectivity index is 2.38. The van der Waals surface area contributed by atoms with Crippen molar-refractivity contribution in [1.29, 1.82) is 0 Å². The molecule has 1 fully saturated rings. The number of hydrogen-bond donors (Lipinski definition) is 2. The summed E-state index contributed by atoms with van der Waals surface area (Å²) < 4.78 is 32.2. The minimum Gasteiger partial charge on any atom is -0.394 e. The number of pyridine rings is 1. The first-order chi connectivity index (χ1) is 9.50. The lowest BCUT2D eigenvalue weighted by Gasteiger charge is -2.36. The lowest BCUT2D eigenvalue weighted by Crippen LogP contribution is -2.52. The van der Waals surface area contributed by atoms with Crippen LogP contribution in [0.15, 0.2) is 23.2 Å². The number of morpholine rings is 1. The van der Waals surface area contributed by atoms with Gasteiger partial charge in [0, 0.05) is 25.3 Å². The molecule has 0 aliphatic carbocycles. The van der Waals surface area contributed by atoms with Crippen LogP contribution in [0, 0.1) is 0 Å². The first-order valence-corrected chi connectivity index (χ1v) is 7.83. The van der Waals surface area contributed by atoms with Crippen LogP contribution in [0.4, 0.5) is 0 Å². The van der Waals surface area contributed by atoms with Crippen molar-refractivity contribution < 1.29 is 18.3 Å². The first kappa shape index (κ1) is 15.3. The SMILES string of the molecule is CC1COC(CO)CN1S(=O)(=O)c1cccnc1CN. The third kappa shape index (κ3) is 2.84. The molecule has 0 amide bonds. The third-order valence-electron chi connectivity index (χ3n) is 3.28. The van der Waals surface area contributed by atoms with E-state index in [1.165, 1.54) is 16.6 Å². The maximum atomic E-state index is 12.7. The Morgan fingerprint density at radius 3 is 3.00 bits per heavy atom. The number of aliphatic hydroxyl groups excluding tert-OH is 1. The summed E-state index contributed by atoms with van der Waals surface area (Å²) in [6.07, 6.45) is 1.01. The van der Waals surface area contributed by atoms with E-state index in [1.54, 1.807) is 13.0 Å². The van der Waals surface area contributed by atoms with Gasteiger partial charge in [-0.2, -0.15) is 4.31 Å². The average molecular weight is 301 g/mol. The van der Waals surface area contributed by atoms with Gasteiger partial charge in [-0.1, -0.05) is 0 Å². The Bertz CT molecular complexity index is 564. The molecule has 1 aliphatic heterocycles. The molecule has 1 aromatic heterocycles. The molecule has 1 aromatic rings. The topological polar surface area (TPSA) is 106 Å². The van der Waals surface area contributed by atoms with Crippen LogP contribution in [0.3, 0.4) is 0 Å². The molecule has 2 atom stereocenters. The van der Waals surface area contributed by atoms with Crippen LogP contribution in [-0.2, 0) is 21.3 Å². The molecule has 8 heteroatoms. The summed E-state index contributed by atoms with van der Waals surface area (Å²) in [4.78, 5) is 4.13. The van der Waals surface area contributed by atoms with Crippen molar-refractivity contribution in [2.75, 3.05) is 19.8 Å². The van der Waals surface area contributed by atoms with Gasteiger partial charge in [-0.25, -0.2) is 8.42 Å². The van der Waals surface area contributed by atoms with E-state index in [-0.39, 0.29) is 37.2 Å². The highest BCUT2D eigenvalue weighted by Gasteiger charge is 2.36. The molecule has 0 bridgehead atoms. The van der Waals surface area contributed by atoms with E-state index < -0.39 is 16.1 Å². The van der Waals surface area contributed by atoms with Crippen molar-refractivity contribution in [2.24, 2.45) is 5.73 Å². The molecular formula is C12H19N3O4S. The Morgan fingerprint density at radius 2 is 2.35 bits per heavy atom. The van der Waals surface area contributed by atoms with Crippen LogP contribution in [0.5, 0.6) is 0 Å². The minimum atomic E-state index is -3.70. The second kappa shape index (κ2) is 6.15. The smallest absolute Gasteiger partial charge is 0.245 e. The molecular weight excluding hydrogens is 282 g/mol. The highest BCUT2D eigenvalue weighted by atomic mass is 32.2. The van der Waals surface area contributed by atoms with E-state index >= 15 is 0 Å². The summed E-state index contributed by atoms with van der Waals surface area (Å²) in [7, 11) is -3.70. The first-order valence-electron chi connectivity index (χ1n) is 6.39. The summed E-state index contributed by atoms with van der Waals surface area (Å²) in [6, 6.07) is 2.77. The van der Waals surface area contributed by atoms with Crippen molar-refractivity contribution >= 4 is 10.0 Å². The predicted octanol–water partition coefficient (Wildman–Crippen LogP) is -0.689. The largest absolute Gasteiger partial charge is 0.394 e. The van der Waals surface area contributed by atoms with Crippen LogP contribution in [0.1, 0.15) is 12.6 Å². The van der Waals surface area contributed by atoms with Gasteiger partial charge < -0.3 is 15.6 Å². The summed E-state index contributed by atoms with van der Waals surface area (Å²) >= 11 is 0. The number of sulfonamides is 1. The number of nitrogens with zero attached hydrogens (tertiary/aromatic N) is 2. The second-order valence-electron chi connectivity index (χ2n) is 4.71. The Labute approximate surface area is 118 Å². The molecule has 20 heavy (non-hydrogen) atoms. The number of aromatic nitrogens is 1. The number of aliphatic hydroxyl groups is 1. The fraction of sp³-hybridized carbons (Fsp3) is 0.583. The quantitative estimate of drug-likeness (QED) is 0.762. The van der Waals surface area contributed by atoms with E-state index in [2.05, 4.69) is 4.98 Å². The van der Waals surface area contributed by atoms with E-state index in [0.717, 1.165) is 0 Å². The fourth-order valence-electron chi connectivity index (χ4n) is 2.18. The highest BCUT2D eigenvalue weighted by Crippen LogP contribution is 2.24. The predicted molar refractivity (Wildman–Crippen MR) is 72.3 cm³/mol. The number of ether oxygens (including phenoxy) is 1. The van der Waals surface area contributed by atoms with Gasteiger partial charge in [0.1, 0.15) is 4.90 Å². The molecule has 0 spiro atoms. The lowest BCUT2D eigenvalue weighted by atomic mass is 10.2. The molecule has 0 radical (unpaired) electrons. The van der Waals surface area contributed by atoms with E-state index in [1.807, 2.05) is 0 Å². The van der Waals surface area contributed by atoms with Crippen molar-refractivity contribution in [1.82, 2.24) is 9.29 Å². The molecule has 0 saturated carbocycles. The fourth-order valence-corrected chi connectivity index (χ4v) is 4.01. The molecule has 0 aromatic carbocycles. The summed E-state index contributed by atoms with van der Waals surface area (Å²) in [5.41, 5.74) is 5.89. The van der Waals surface area contributed by atoms with Crippen molar-refractivity contribution in [3.8, 4) is 0 Å². The van der Waals surface area contributed by atoms with Crippen LogP contribution < -0.4 is 5.73 Å². The standard InChI is InChI=1S/C12H19N3O4S/c1-9-8-19-10(7-16)6-15(9)20(17,18)12-3-2-4-14-11(12)5-13/h2-4,9-10,16H,5-8,13H2,1H3. The Hall–Kier alpha value is -1.06. The van der Waals surface area contributed by atoms with Gasteiger partial charge in [-0.05, 0) is 19.1 Å². The van der Waals surface area contributed by atoms with E-state index in [0.29, 0.717) is 5.69 Å². The van der Waals surface area contributed by atoms with Gasteiger partial charge >= 0.3 is 0 Å². The molecule has 2 unspecified atom stereocenters. The zero-order valence-corrected chi connectivity index (χ0v) is 12.1. The molecule has 3 N–H and O–H groups in total. The number of rotatable bonds is 4. The van der Waals surface area contributed by atoms with E-state index in [4.69, 9.17) is 15.6 Å². The van der Waals surface area contributed by atoms with Crippen molar-refractivity contribution in [3.05, 3.63) is 24.0 Å². The maximum absolute atomic E-state index is 12.7. The zero-order chi connectivity index (χ0) is 14.8. The van der Waals surface area contributed by atoms with Gasteiger partial charge in [-0.15, -0.1) is 0 Å². The summed E-state index contributed by atoms with van der Waals surface area (Å²) in [6.45, 7) is 1.98. The van der Waals surface area contributed by atoms with Gasteiger partial charge in [0.05, 0.1) is 25.0 Å². The Kier molecular flexibility index (Phi) is 4.71. The van der Waals surface area contributed by atoms with Crippen molar-refractivity contribution in [2.45, 2.75) is 30.5 Å². The normalized spacial score (nSPS) is 24.8. The highest BCUT2D eigenvalue weighted by molar-refractivity contribution is 7.89. The van der Waals surface area contributed by atoms with Gasteiger partial charge in [0.15, 0.2) is 0 Å². The van der Waals surface area contributed by atoms with Crippen molar-refractivity contribution in [3.63, 3.8) is 0 Å². The van der Waals surface area contributed by atoms with Crippen LogP contribution >= 0.6 is 0 Å². The van der Waals surface area contributed by atoms with Crippen LogP contribution in [0.25, 0.3) is 0 Å². The molecule has 2 rings (SSSR count). The number of hydrogen-bond acceptors (Lipinski definition) is 6. The summed E-state index contributed by atoms with van der Waals surface area (Å²) in [5.74, 6) is 0. The monoisotopic (exact) mass is 301 g/mol. The van der Waals surface area contributed by atoms with E-state index in [9.17, 15) is 8.42 Å². The average Bonchev–Trinajstić information content (AvgIpc) is 2.47. The molecule has 112 valence electrons. The second-order valence-corrected chi connectivity index (χ2v) is 6.57. The zero-order valence-electron chi connectivity index (χ0n) is 11.3. The Morgan fingerprint density at radius 1 is 1.60 bits per heavy atom. The molecule has 7 nitrogen and oxygen atoms in total. The number of nitrogens with two attached hydrogens (primary N) is 1. The molecule has 1 saturated heterocycles. The van der Waals surface area contributed by atoms with Gasteiger partial charge in [-0.3, -0.25) is 4.98 Å². The van der Waals surface area contributed by atoms with Crippen LogP contribution in [-0.4, -0.2) is 54.7 Å².